The molecule has 0 atom stereocenters. The summed E-state index contributed by atoms with van der Waals surface area (Å²) in [6.07, 6.45) is 0. The van der Waals surface area contributed by atoms with Gasteiger partial charge < -0.3 is 9.64 Å². The molecule has 3 rings (SSSR count). The number of aromatic nitrogens is 4. The number of benzene rings is 1. The van der Waals surface area contributed by atoms with Gasteiger partial charge in [-0.05, 0) is 24.3 Å². The molecular formula is C18H23N5O. The molecule has 0 N–H and O–H groups in total. The third-order valence-electron chi connectivity index (χ3n) is 3.75. The topological polar surface area (TPSA) is 55.5 Å². The highest BCUT2D eigenvalue weighted by molar-refractivity contribution is 5.45. The van der Waals surface area contributed by atoms with Gasteiger partial charge in [-0.25, -0.2) is 0 Å². The molecule has 6 heteroatoms. The molecule has 0 aliphatic rings. The van der Waals surface area contributed by atoms with Crippen LogP contribution in [0.15, 0.2) is 42.5 Å². The van der Waals surface area contributed by atoms with Crippen LogP contribution in [0, 0.1) is 0 Å². The Balaban J connectivity index is 1.71. The van der Waals surface area contributed by atoms with E-state index in [1.165, 1.54) is 0 Å². The van der Waals surface area contributed by atoms with Crippen LogP contribution in [-0.2, 0) is 5.41 Å². The van der Waals surface area contributed by atoms with Crippen molar-refractivity contribution in [2.75, 3.05) is 25.1 Å². The Labute approximate surface area is 142 Å². The fourth-order valence-corrected chi connectivity index (χ4v) is 2.38. The van der Waals surface area contributed by atoms with E-state index in [4.69, 9.17) is 4.74 Å². The molecule has 2 heterocycles. The highest BCUT2D eigenvalue weighted by Gasteiger charge is 2.22. The zero-order valence-corrected chi connectivity index (χ0v) is 14.6. The summed E-state index contributed by atoms with van der Waals surface area (Å²) in [7, 11) is 2.00. The molecule has 3 aromatic rings. The van der Waals surface area contributed by atoms with E-state index in [1.54, 1.807) is 0 Å². The number of hydrogen-bond acceptors (Lipinski definition) is 5. The maximum Gasteiger partial charge on any atom is 0.178 e. The highest BCUT2D eigenvalue weighted by atomic mass is 16.5. The van der Waals surface area contributed by atoms with E-state index in [0.29, 0.717) is 6.61 Å². The number of fused-ring (bicyclic) bond motifs is 1. The standard InChI is InChI=1S/C18H23N5O/c1-18(2,3)17-20-19-15-10-11-16(21-23(15)17)22(4)12-13-24-14-8-6-5-7-9-14/h5-11H,12-13H2,1-4H3. The third-order valence-corrected chi connectivity index (χ3v) is 3.75. The van der Waals surface area contributed by atoms with Crippen LogP contribution in [0.3, 0.4) is 0 Å². The van der Waals surface area contributed by atoms with Crippen LogP contribution in [0.2, 0.25) is 0 Å². The van der Waals surface area contributed by atoms with Gasteiger partial charge in [-0.2, -0.15) is 4.52 Å². The van der Waals surface area contributed by atoms with Crippen LogP contribution in [0.5, 0.6) is 5.75 Å². The molecule has 0 aliphatic heterocycles. The summed E-state index contributed by atoms with van der Waals surface area (Å²) in [4.78, 5) is 2.06. The Bertz CT molecular complexity index is 807. The smallest absolute Gasteiger partial charge is 0.178 e. The number of rotatable bonds is 5. The molecule has 0 saturated carbocycles. The summed E-state index contributed by atoms with van der Waals surface area (Å²) in [5.41, 5.74) is 0.651. The summed E-state index contributed by atoms with van der Waals surface area (Å²) in [6, 6.07) is 13.7. The Morgan fingerprint density at radius 3 is 2.50 bits per heavy atom. The fourth-order valence-electron chi connectivity index (χ4n) is 2.38. The second kappa shape index (κ2) is 6.47. The molecule has 1 aromatic carbocycles. The lowest BCUT2D eigenvalue weighted by molar-refractivity contribution is 0.325. The molecule has 24 heavy (non-hydrogen) atoms. The lowest BCUT2D eigenvalue weighted by Crippen LogP contribution is -2.26. The number of likely N-dealkylation sites (N-methyl/N-ethyl adjacent to an activating group) is 1. The number of anilines is 1. The second-order valence-electron chi connectivity index (χ2n) is 6.82. The quantitative estimate of drug-likeness (QED) is 0.722. The van der Waals surface area contributed by atoms with Crippen molar-refractivity contribution in [1.82, 2.24) is 19.8 Å². The highest BCUT2D eigenvalue weighted by Crippen LogP contribution is 2.21. The van der Waals surface area contributed by atoms with Crippen molar-refractivity contribution in [3.8, 4) is 5.75 Å². The maximum atomic E-state index is 5.75. The van der Waals surface area contributed by atoms with Gasteiger partial charge in [-0.1, -0.05) is 39.0 Å². The normalized spacial score (nSPS) is 11.7. The molecule has 0 amide bonds. The molecule has 126 valence electrons. The largest absolute Gasteiger partial charge is 0.492 e. The van der Waals surface area contributed by atoms with Crippen molar-refractivity contribution in [2.45, 2.75) is 26.2 Å². The summed E-state index contributed by atoms with van der Waals surface area (Å²) in [5.74, 6) is 2.60. The lowest BCUT2D eigenvalue weighted by Gasteiger charge is -2.19. The molecule has 0 unspecified atom stereocenters. The van der Waals surface area contributed by atoms with Crippen molar-refractivity contribution in [1.29, 1.82) is 0 Å². The summed E-state index contributed by atoms with van der Waals surface area (Å²) < 4.78 is 7.57. The minimum atomic E-state index is -0.111. The van der Waals surface area contributed by atoms with Crippen LogP contribution in [0.1, 0.15) is 26.6 Å². The van der Waals surface area contributed by atoms with Gasteiger partial charge in [-0.15, -0.1) is 15.3 Å². The minimum absolute atomic E-state index is 0.111. The third kappa shape index (κ3) is 3.48. The number of para-hydroxylation sites is 1. The van der Waals surface area contributed by atoms with Gasteiger partial charge in [0, 0.05) is 12.5 Å². The second-order valence-corrected chi connectivity index (χ2v) is 6.82. The molecule has 0 bridgehead atoms. The van der Waals surface area contributed by atoms with E-state index in [-0.39, 0.29) is 5.41 Å². The van der Waals surface area contributed by atoms with Gasteiger partial charge >= 0.3 is 0 Å². The van der Waals surface area contributed by atoms with Gasteiger partial charge in [0.1, 0.15) is 18.2 Å². The van der Waals surface area contributed by atoms with Gasteiger partial charge in [-0.3, -0.25) is 0 Å². The van der Waals surface area contributed by atoms with Crippen molar-refractivity contribution in [2.24, 2.45) is 0 Å². The fraction of sp³-hybridized carbons (Fsp3) is 0.389. The van der Waals surface area contributed by atoms with Gasteiger partial charge in [0.15, 0.2) is 11.5 Å². The summed E-state index contributed by atoms with van der Waals surface area (Å²) >= 11 is 0. The average molecular weight is 325 g/mol. The van der Waals surface area contributed by atoms with Crippen LogP contribution >= 0.6 is 0 Å². The maximum absolute atomic E-state index is 5.75. The first-order valence-corrected chi connectivity index (χ1v) is 8.07. The molecule has 2 aromatic heterocycles. The van der Waals surface area contributed by atoms with E-state index in [9.17, 15) is 0 Å². The average Bonchev–Trinajstić information content (AvgIpc) is 2.99. The molecule has 0 radical (unpaired) electrons. The zero-order chi connectivity index (χ0) is 17.2. The van der Waals surface area contributed by atoms with Crippen LogP contribution < -0.4 is 9.64 Å². The number of ether oxygens (including phenoxy) is 1. The Morgan fingerprint density at radius 1 is 1.04 bits per heavy atom. The first-order valence-electron chi connectivity index (χ1n) is 8.07. The number of nitrogens with zero attached hydrogens (tertiary/aromatic N) is 5. The Morgan fingerprint density at radius 2 is 1.79 bits per heavy atom. The van der Waals surface area contributed by atoms with Gasteiger partial charge in [0.2, 0.25) is 0 Å². The van der Waals surface area contributed by atoms with E-state index >= 15 is 0 Å². The monoisotopic (exact) mass is 325 g/mol. The first kappa shape index (κ1) is 16.2. The van der Waals surface area contributed by atoms with Crippen molar-refractivity contribution in [3.05, 3.63) is 48.3 Å². The van der Waals surface area contributed by atoms with E-state index in [0.717, 1.165) is 29.6 Å². The first-order chi connectivity index (χ1) is 11.4. The Kier molecular flexibility index (Phi) is 4.38. The van der Waals surface area contributed by atoms with E-state index < -0.39 is 0 Å². The molecule has 6 nitrogen and oxygen atoms in total. The predicted octanol–water partition coefficient (Wildman–Crippen LogP) is 2.94. The van der Waals surface area contributed by atoms with Gasteiger partial charge in [0.25, 0.3) is 0 Å². The van der Waals surface area contributed by atoms with Gasteiger partial charge in [0.05, 0.1) is 6.54 Å². The Hall–Kier alpha value is -2.63. The number of hydrogen-bond donors (Lipinski definition) is 0. The van der Waals surface area contributed by atoms with Crippen molar-refractivity contribution >= 4 is 11.5 Å². The van der Waals surface area contributed by atoms with Crippen molar-refractivity contribution < 1.29 is 4.74 Å². The van der Waals surface area contributed by atoms with E-state index in [2.05, 4.69) is 41.0 Å². The summed E-state index contributed by atoms with van der Waals surface area (Å²) in [6.45, 7) is 7.65. The summed E-state index contributed by atoms with van der Waals surface area (Å²) in [5, 5.41) is 13.2. The van der Waals surface area contributed by atoms with E-state index in [1.807, 2.05) is 54.0 Å². The molecule has 0 fully saturated rings. The van der Waals surface area contributed by atoms with Crippen LogP contribution in [0.4, 0.5) is 5.82 Å². The predicted molar refractivity (Wildman–Crippen MR) is 94.7 cm³/mol. The molecule has 0 spiro atoms. The minimum Gasteiger partial charge on any atom is -0.492 e. The SMILES string of the molecule is CN(CCOc1ccccc1)c1ccc2nnc(C(C)(C)C)n2n1. The van der Waals surface area contributed by atoms with Crippen LogP contribution in [-0.4, -0.2) is 40.0 Å². The molecular weight excluding hydrogens is 302 g/mol. The molecule has 0 aliphatic carbocycles. The van der Waals surface area contributed by atoms with Crippen LogP contribution in [0.25, 0.3) is 5.65 Å². The van der Waals surface area contributed by atoms with Crippen molar-refractivity contribution in [3.63, 3.8) is 0 Å². The lowest BCUT2D eigenvalue weighted by atomic mass is 9.96. The zero-order valence-electron chi connectivity index (χ0n) is 14.6. The molecule has 0 saturated heterocycles.